The smallest absolute Gasteiger partial charge is 0.272 e. The molecule has 3 aromatic rings. The Hall–Kier alpha value is -3.69. The fraction of sp³-hybridized carbons (Fsp3) is 0.261. The van der Waals surface area contributed by atoms with Crippen molar-refractivity contribution in [1.82, 2.24) is 20.4 Å². The monoisotopic (exact) mass is 433 g/mol. The molecule has 2 heterocycles. The first-order valence-corrected chi connectivity index (χ1v) is 10.4. The average molecular weight is 433 g/mol. The SMILES string of the molecule is O=C(NCCN1CCOCC1)c1nnc(-c2ccccc2)cc1-c1cccc([N+](=O)[O-])c1. The van der Waals surface area contributed by atoms with E-state index in [9.17, 15) is 14.9 Å². The number of non-ortho nitro benzene ring substituents is 1. The number of morpholine rings is 1. The molecule has 4 rings (SSSR count). The predicted molar refractivity (Wildman–Crippen MR) is 119 cm³/mol. The molecule has 0 spiro atoms. The van der Waals surface area contributed by atoms with Crippen LogP contribution in [0.4, 0.5) is 5.69 Å². The molecule has 9 heteroatoms. The van der Waals surface area contributed by atoms with Crippen LogP contribution in [0.15, 0.2) is 60.7 Å². The van der Waals surface area contributed by atoms with Gasteiger partial charge in [0.2, 0.25) is 0 Å². The number of nitrogens with one attached hydrogen (secondary N) is 1. The summed E-state index contributed by atoms with van der Waals surface area (Å²) in [5.74, 6) is -0.369. The first kappa shape index (κ1) is 21.5. The second-order valence-corrected chi connectivity index (χ2v) is 7.38. The summed E-state index contributed by atoms with van der Waals surface area (Å²) in [4.78, 5) is 26.0. The lowest BCUT2D eigenvalue weighted by Gasteiger charge is -2.26. The minimum Gasteiger partial charge on any atom is -0.379 e. The lowest BCUT2D eigenvalue weighted by Crippen LogP contribution is -2.41. The van der Waals surface area contributed by atoms with Crippen molar-refractivity contribution in [2.24, 2.45) is 0 Å². The fourth-order valence-corrected chi connectivity index (χ4v) is 3.55. The van der Waals surface area contributed by atoms with E-state index in [0.717, 1.165) is 18.7 Å². The van der Waals surface area contributed by atoms with Crippen molar-refractivity contribution in [3.8, 4) is 22.4 Å². The van der Waals surface area contributed by atoms with Crippen molar-refractivity contribution in [2.45, 2.75) is 0 Å². The van der Waals surface area contributed by atoms with E-state index >= 15 is 0 Å². The van der Waals surface area contributed by atoms with Crippen molar-refractivity contribution in [3.05, 3.63) is 76.5 Å². The second kappa shape index (κ2) is 10.1. The lowest BCUT2D eigenvalue weighted by atomic mass is 10.0. The second-order valence-electron chi connectivity index (χ2n) is 7.38. The molecular weight excluding hydrogens is 410 g/mol. The Bertz CT molecular complexity index is 1100. The molecular formula is C23H23N5O4. The van der Waals surface area contributed by atoms with Gasteiger partial charge >= 0.3 is 0 Å². The summed E-state index contributed by atoms with van der Waals surface area (Å²) in [5, 5.41) is 22.6. The van der Waals surface area contributed by atoms with Crippen LogP contribution in [0.25, 0.3) is 22.4 Å². The molecule has 1 fully saturated rings. The summed E-state index contributed by atoms with van der Waals surface area (Å²) in [6.07, 6.45) is 0. The molecule has 1 N–H and O–H groups in total. The number of nitro groups is 1. The Morgan fingerprint density at radius 3 is 2.53 bits per heavy atom. The molecule has 0 unspecified atom stereocenters. The van der Waals surface area contributed by atoms with Crippen LogP contribution in [0.1, 0.15) is 10.5 Å². The zero-order valence-electron chi connectivity index (χ0n) is 17.4. The number of ether oxygens (including phenoxy) is 1. The number of rotatable bonds is 7. The van der Waals surface area contributed by atoms with E-state index in [0.29, 0.717) is 43.1 Å². The molecule has 1 aliphatic heterocycles. The number of benzene rings is 2. The zero-order valence-corrected chi connectivity index (χ0v) is 17.4. The molecule has 0 atom stereocenters. The normalized spacial score (nSPS) is 14.1. The molecule has 0 radical (unpaired) electrons. The minimum atomic E-state index is -0.460. The van der Waals surface area contributed by atoms with E-state index in [1.54, 1.807) is 18.2 Å². The van der Waals surface area contributed by atoms with Gasteiger partial charge in [-0.05, 0) is 11.6 Å². The average Bonchev–Trinajstić information content (AvgIpc) is 2.85. The van der Waals surface area contributed by atoms with Gasteiger partial charge in [-0.25, -0.2) is 0 Å². The van der Waals surface area contributed by atoms with Crippen LogP contribution in [0.3, 0.4) is 0 Å². The van der Waals surface area contributed by atoms with Crippen molar-refractivity contribution in [1.29, 1.82) is 0 Å². The number of amides is 1. The van der Waals surface area contributed by atoms with E-state index < -0.39 is 4.92 Å². The van der Waals surface area contributed by atoms with E-state index in [1.807, 2.05) is 30.3 Å². The van der Waals surface area contributed by atoms with Gasteiger partial charge in [0.15, 0.2) is 5.69 Å². The number of hydrogen-bond acceptors (Lipinski definition) is 7. The summed E-state index contributed by atoms with van der Waals surface area (Å²) in [6, 6.07) is 17.4. The Kier molecular flexibility index (Phi) is 6.78. The lowest BCUT2D eigenvalue weighted by molar-refractivity contribution is -0.384. The highest BCUT2D eigenvalue weighted by Crippen LogP contribution is 2.29. The van der Waals surface area contributed by atoms with Crippen LogP contribution in [0.2, 0.25) is 0 Å². The van der Waals surface area contributed by atoms with Crippen molar-refractivity contribution in [3.63, 3.8) is 0 Å². The van der Waals surface area contributed by atoms with Crippen LogP contribution >= 0.6 is 0 Å². The van der Waals surface area contributed by atoms with Gasteiger partial charge in [-0.1, -0.05) is 42.5 Å². The zero-order chi connectivity index (χ0) is 22.3. The molecule has 0 aliphatic carbocycles. The quantitative estimate of drug-likeness (QED) is 0.451. The van der Waals surface area contributed by atoms with Crippen LogP contribution in [0, 0.1) is 10.1 Å². The van der Waals surface area contributed by atoms with Gasteiger partial charge in [-0.2, -0.15) is 0 Å². The summed E-state index contributed by atoms with van der Waals surface area (Å²) in [5.41, 5.74) is 2.52. The number of carbonyl (C=O) groups is 1. The van der Waals surface area contributed by atoms with E-state index in [4.69, 9.17) is 4.74 Å². The highest BCUT2D eigenvalue weighted by atomic mass is 16.6. The maximum Gasteiger partial charge on any atom is 0.272 e. The van der Waals surface area contributed by atoms with Gasteiger partial charge in [0, 0.05) is 49.4 Å². The molecule has 164 valence electrons. The third-order valence-corrected chi connectivity index (χ3v) is 5.26. The van der Waals surface area contributed by atoms with Gasteiger partial charge in [0.05, 0.1) is 23.8 Å². The first-order chi connectivity index (χ1) is 15.6. The van der Waals surface area contributed by atoms with Crippen LogP contribution in [-0.4, -0.2) is 65.3 Å². The van der Waals surface area contributed by atoms with Gasteiger partial charge in [-0.3, -0.25) is 19.8 Å². The van der Waals surface area contributed by atoms with Crippen molar-refractivity contribution in [2.75, 3.05) is 39.4 Å². The molecule has 0 saturated carbocycles. The Morgan fingerprint density at radius 1 is 1.03 bits per heavy atom. The summed E-state index contributed by atoms with van der Waals surface area (Å²) < 4.78 is 5.34. The first-order valence-electron chi connectivity index (χ1n) is 10.4. The van der Waals surface area contributed by atoms with Crippen molar-refractivity contribution < 1.29 is 14.5 Å². The minimum absolute atomic E-state index is 0.0563. The maximum absolute atomic E-state index is 13.0. The third-order valence-electron chi connectivity index (χ3n) is 5.26. The Morgan fingerprint density at radius 2 is 1.78 bits per heavy atom. The highest BCUT2D eigenvalue weighted by molar-refractivity contribution is 5.99. The number of aromatic nitrogens is 2. The molecule has 1 aromatic heterocycles. The topological polar surface area (TPSA) is 110 Å². The molecule has 2 aromatic carbocycles. The van der Waals surface area contributed by atoms with Gasteiger partial charge < -0.3 is 10.1 Å². The van der Waals surface area contributed by atoms with E-state index in [2.05, 4.69) is 20.4 Å². The fourth-order valence-electron chi connectivity index (χ4n) is 3.55. The van der Waals surface area contributed by atoms with Crippen LogP contribution in [0.5, 0.6) is 0 Å². The molecule has 1 aliphatic rings. The number of nitrogens with zero attached hydrogens (tertiary/aromatic N) is 4. The standard InChI is InChI=1S/C23H23N5O4/c29-23(24-9-10-27-11-13-32-14-12-27)22-20(18-7-4-8-19(15-18)28(30)31)16-21(25-26-22)17-5-2-1-3-6-17/h1-8,15-16H,9-14H2,(H,24,29). The van der Waals surface area contributed by atoms with Gasteiger partial charge in [0.25, 0.3) is 11.6 Å². The molecule has 1 amide bonds. The molecule has 1 saturated heterocycles. The van der Waals surface area contributed by atoms with Gasteiger partial charge in [0.1, 0.15) is 0 Å². The number of hydrogen-bond donors (Lipinski definition) is 1. The summed E-state index contributed by atoms with van der Waals surface area (Å²) >= 11 is 0. The molecule has 32 heavy (non-hydrogen) atoms. The van der Waals surface area contributed by atoms with E-state index in [-0.39, 0.29) is 17.3 Å². The van der Waals surface area contributed by atoms with Gasteiger partial charge in [-0.15, -0.1) is 10.2 Å². The van der Waals surface area contributed by atoms with Crippen LogP contribution in [-0.2, 0) is 4.74 Å². The number of carbonyl (C=O) groups excluding carboxylic acids is 1. The van der Waals surface area contributed by atoms with Crippen molar-refractivity contribution >= 4 is 11.6 Å². The largest absolute Gasteiger partial charge is 0.379 e. The maximum atomic E-state index is 13.0. The third kappa shape index (κ3) is 5.13. The summed E-state index contributed by atoms with van der Waals surface area (Å²) in [6.45, 7) is 4.21. The Balaban J connectivity index is 1.62. The number of nitro benzene ring substituents is 1. The van der Waals surface area contributed by atoms with Crippen LogP contribution < -0.4 is 5.32 Å². The van der Waals surface area contributed by atoms with E-state index in [1.165, 1.54) is 12.1 Å². The Labute approximate surface area is 185 Å². The molecule has 0 bridgehead atoms. The summed E-state index contributed by atoms with van der Waals surface area (Å²) in [7, 11) is 0. The highest BCUT2D eigenvalue weighted by Gasteiger charge is 2.19. The molecule has 9 nitrogen and oxygen atoms in total. The predicted octanol–water partition coefficient (Wildman–Crippen LogP) is 2.78.